The largest absolute Gasteiger partial charge is 0.462 e. The van der Waals surface area contributed by atoms with Gasteiger partial charge in [0.25, 0.3) is 0 Å². The van der Waals surface area contributed by atoms with Gasteiger partial charge in [0.2, 0.25) is 0 Å². The fourth-order valence-electron chi connectivity index (χ4n) is 4.53. The number of halogens is 1. The van der Waals surface area contributed by atoms with Gasteiger partial charge in [-0.05, 0) is 77.4 Å². The zero-order valence-electron chi connectivity index (χ0n) is 21.3. The highest BCUT2D eigenvalue weighted by molar-refractivity contribution is 6.31. The molecule has 0 aliphatic carbocycles. The molecular formula is C27H33ClN2O5. The summed E-state index contributed by atoms with van der Waals surface area (Å²) in [6, 6.07) is 9.71. The van der Waals surface area contributed by atoms with Gasteiger partial charge in [0, 0.05) is 46.5 Å². The summed E-state index contributed by atoms with van der Waals surface area (Å²) in [6.07, 6.45) is -0.327. The Morgan fingerprint density at radius 1 is 1.06 bits per heavy atom. The number of aliphatic imine (C=N–C) groups is 1. The normalized spacial score (nSPS) is 18.0. The summed E-state index contributed by atoms with van der Waals surface area (Å²) < 4.78 is 18.2. The van der Waals surface area contributed by atoms with E-state index in [1.807, 2.05) is 38.1 Å². The number of methoxy groups -OCH3 is 1. The van der Waals surface area contributed by atoms with E-state index < -0.39 is 23.8 Å². The van der Waals surface area contributed by atoms with Crippen molar-refractivity contribution in [2.24, 2.45) is 10.9 Å². The standard InChI is InChI=1S/C27H33ClN2O5/c1-15(2)35-27(32)24-19(6)29-18(5)23(26(31)34-13-12-33-7)25(24)21-14-20(10-11-22(21)28)30-16(3)8-9-17(30)4/h8-11,14-15,24-25H,12-13H2,1-7H3. The second kappa shape index (κ2) is 11.2. The number of esters is 2. The van der Waals surface area contributed by atoms with Crippen LogP contribution in [0.15, 0.2) is 46.6 Å². The van der Waals surface area contributed by atoms with Crippen molar-refractivity contribution in [1.82, 2.24) is 4.57 Å². The third kappa shape index (κ3) is 5.68. The van der Waals surface area contributed by atoms with E-state index >= 15 is 0 Å². The van der Waals surface area contributed by atoms with E-state index in [4.69, 9.17) is 25.8 Å². The molecule has 0 radical (unpaired) electrons. The van der Waals surface area contributed by atoms with Crippen molar-refractivity contribution in [3.05, 3.63) is 63.6 Å². The van der Waals surface area contributed by atoms with Crippen molar-refractivity contribution in [3.63, 3.8) is 0 Å². The zero-order chi connectivity index (χ0) is 25.9. The molecule has 1 aromatic heterocycles. The molecule has 0 amide bonds. The maximum Gasteiger partial charge on any atom is 0.336 e. The van der Waals surface area contributed by atoms with E-state index in [9.17, 15) is 9.59 Å². The number of hydrogen-bond acceptors (Lipinski definition) is 6. The first kappa shape index (κ1) is 26.7. The van der Waals surface area contributed by atoms with Crippen molar-refractivity contribution in [2.75, 3.05) is 20.3 Å². The summed E-state index contributed by atoms with van der Waals surface area (Å²) >= 11 is 6.74. The van der Waals surface area contributed by atoms with Crippen molar-refractivity contribution in [3.8, 4) is 5.69 Å². The van der Waals surface area contributed by atoms with Gasteiger partial charge in [-0.3, -0.25) is 9.79 Å². The molecule has 35 heavy (non-hydrogen) atoms. The predicted octanol–water partition coefficient (Wildman–Crippen LogP) is 5.34. The monoisotopic (exact) mass is 500 g/mol. The number of allylic oxidation sites excluding steroid dienone is 1. The first-order valence-electron chi connectivity index (χ1n) is 11.6. The quantitative estimate of drug-likeness (QED) is 0.361. The molecule has 0 saturated heterocycles. The number of hydrogen-bond donors (Lipinski definition) is 0. The van der Waals surface area contributed by atoms with E-state index in [1.54, 1.807) is 33.8 Å². The lowest BCUT2D eigenvalue weighted by molar-refractivity contribution is -0.150. The van der Waals surface area contributed by atoms with Crippen LogP contribution in [0.1, 0.15) is 50.6 Å². The van der Waals surface area contributed by atoms with Crippen molar-refractivity contribution in [2.45, 2.75) is 53.6 Å². The number of aromatic nitrogens is 1. The maximum absolute atomic E-state index is 13.3. The summed E-state index contributed by atoms with van der Waals surface area (Å²) in [6.45, 7) is 11.5. The lowest BCUT2D eigenvalue weighted by Crippen LogP contribution is -2.37. The Morgan fingerprint density at radius 2 is 1.71 bits per heavy atom. The van der Waals surface area contributed by atoms with Crippen LogP contribution < -0.4 is 0 Å². The minimum Gasteiger partial charge on any atom is -0.462 e. The lowest BCUT2D eigenvalue weighted by atomic mass is 9.75. The Kier molecular flexibility index (Phi) is 8.56. The van der Waals surface area contributed by atoms with Gasteiger partial charge in [-0.15, -0.1) is 0 Å². The Balaban J connectivity index is 2.20. The first-order valence-corrected chi connectivity index (χ1v) is 12.0. The Bertz CT molecular complexity index is 1160. The SMILES string of the molecule is COCCOC(=O)C1=C(C)N=C(C)C(C(=O)OC(C)C)C1c1cc(-n2c(C)ccc2C)ccc1Cl. The Hall–Kier alpha value is -2.90. The number of benzene rings is 1. The van der Waals surface area contributed by atoms with Gasteiger partial charge in [0.1, 0.15) is 12.5 Å². The third-order valence-electron chi connectivity index (χ3n) is 6.02. The molecule has 0 N–H and O–H groups in total. The minimum atomic E-state index is -0.828. The molecule has 0 bridgehead atoms. The van der Waals surface area contributed by atoms with Gasteiger partial charge in [-0.1, -0.05) is 11.6 Å². The average molecular weight is 501 g/mol. The molecule has 0 fully saturated rings. The summed E-state index contributed by atoms with van der Waals surface area (Å²) in [5.74, 6) is -2.57. The molecule has 2 unspecified atom stereocenters. The van der Waals surface area contributed by atoms with Crippen LogP contribution in [0, 0.1) is 19.8 Å². The van der Waals surface area contributed by atoms with Crippen LogP contribution >= 0.6 is 11.6 Å². The topological polar surface area (TPSA) is 79.1 Å². The van der Waals surface area contributed by atoms with Crippen molar-refractivity contribution < 1.29 is 23.8 Å². The van der Waals surface area contributed by atoms with Crippen LogP contribution in [0.4, 0.5) is 0 Å². The predicted molar refractivity (Wildman–Crippen MR) is 136 cm³/mol. The lowest BCUT2D eigenvalue weighted by Gasteiger charge is -2.32. The maximum atomic E-state index is 13.3. The smallest absolute Gasteiger partial charge is 0.336 e. The fourth-order valence-corrected chi connectivity index (χ4v) is 4.76. The molecule has 2 atom stereocenters. The molecule has 0 saturated carbocycles. The molecule has 0 spiro atoms. The molecule has 2 heterocycles. The molecule has 3 rings (SSSR count). The molecule has 188 valence electrons. The second-order valence-electron chi connectivity index (χ2n) is 8.98. The van der Waals surface area contributed by atoms with Crippen LogP contribution in [0.25, 0.3) is 5.69 Å². The van der Waals surface area contributed by atoms with E-state index in [0.717, 1.165) is 17.1 Å². The van der Waals surface area contributed by atoms with E-state index in [2.05, 4.69) is 9.56 Å². The van der Waals surface area contributed by atoms with Gasteiger partial charge >= 0.3 is 11.9 Å². The second-order valence-corrected chi connectivity index (χ2v) is 9.39. The van der Waals surface area contributed by atoms with Gasteiger partial charge in [0.15, 0.2) is 0 Å². The summed E-state index contributed by atoms with van der Waals surface area (Å²) in [4.78, 5) is 31.2. The van der Waals surface area contributed by atoms with Crippen LogP contribution in [0.5, 0.6) is 0 Å². The zero-order valence-corrected chi connectivity index (χ0v) is 22.1. The minimum absolute atomic E-state index is 0.0815. The highest BCUT2D eigenvalue weighted by Gasteiger charge is 2.43. The van der Waals surface area contributed by atoms with Crippen molar-refractivity contribution >= 4 is 29.3 Å². The van der Waals surface area contributed by atoms with Gasteiger partial charge < -0.3 is 18.8 Å². The van der Waals surface area contributed by atoms with Gasteiger partial charge in [-0.2, -0.15) is 0 Å². The molecule has 7 nitrogen and oxygen atoms in total. The van der Waals surface area contributed by atoms with Gasteiger partial charge in [0.05, 0.1) is 18.3 Å². The average Bonchev–Trinajstić information content (AvgIpc) is 3.11. The van der Waals surface area contributed by atoms with Crippen LogP contribution in [0.2, 0.25) is 5.02 Å². The molecular weight excluding hydrogens is 468 g/mol. The number of ether oxygens (including phenoxy) is 3. The van der Waals surface area contributed by atoms with Gasteiger partial charge in [-0.25, -0.2) is 4.79 Å². The number of aryl methyl sites for hydroxylation is 2. The number of carbonyl (C=O) groups excluding carboxylic acids is 2. The van der Waals surface area contributed by atoms with Crippen LogP contribution in [-0.4, -0.2) is 48.6 Å². The van der Waals surface area contributed by atoms with E-state index in [-0.39, 0.29) is 24.9 Å². The summed E-state index contributed by atoms with van der Waals surface area (Å²) in [5.41, 5.74) is 4.95. The molecule has 1 aromatic carbocycles. The summed E-state index contributed by atoms with van der Waals surface area (Å²) in [7, 11) is 1.53. The number of carbonyl (C=O) groups is 2. The Labute approximate surface area is 211 Å². The van der Waals surface area contributed by atoms with E-state index in [1.165, 1.54) is 7.11 Å². The molecule has 2 aromatic rings. The molecule has 1 aliphatic heterocycles. The number of rotatable bonds is 8. The first-order chi connectivity index (χ1) is 16.6. The van der Waals surface area contributed by atoms with Crippen molar-refractivity contribution in [1.29, 1.82) is 0 Å². The molecule has 1 aliphatic rings. The highest BCUT2D eigenvalue weighted by atomic mass is 35.5. The highest BCUT2D eigenvalue weighted by Crippen LogP contribution is 2.43. The molecule has 8 heteroatoms. The summed E-state index contributed by atoms with van der Waals surface area (Å²) in [5, 5.41) is 0.438. The van der Waals surface area contributed by atoms with Crippen LogP contribution in [-0.2, 0) is 23.8 Å². The van der Waals surface area contributed by atoms with Crippen LogP contribution in [0.3, 0.4) is 0 Å². The third-order valence-corrected chi connectivity index (χ3v) is 6.36. The van der Waals surface area contributed by atoms with E-state index in [0.29, 0.717) is 22.0 Å². The fraction of sp³-hybridized carbons (Fsp3) is 0.444. The Morgan fingerprint density at radius 3 is 2.31 bits per heavy atom. The number of nitrogens with zero attached hydrogens (tertiary/aromatic N) is 2.